The molecule has 0 atom stereocenters. The van der Waals surface area contributed by atoms with Crippen LogP contribution in [0.2, 0.25) is 0 Å². The standard InChI is InChI=1S/C22H22N4OS/c1-3-13-23-22(24-21-14-16(2)25-26-21)28-15-20(27)19-11-9-18(10-12-19)17-7-5-4-6-8-17/h3-12,14H,1,13,15H2,2H3,(H2,23,24,25,26). The molecule has 0 aliphatic heterocycles. The van der Waals surface area contributed by atoms with E-state index < -0.39 is 0 Å². The lowest BCUT2D eigenvalue weighted by Crippen LogP contribution is -2.13. The van der Waals surface area contributed by atoms with E-state index in [1.54, 1.807) is 6.08 Å². The summed E-state index contributed by atoms with van der Waals surface area (Å²) in [6.07, 6.45) is 1.71. The molecule has 1 heterocycles. The van der Waals surface area contributed by atoms with E-state index >= 15 is 0 Å². The van der Waals surface area contributed by atoms with E-state index in [0.29, 0.717) is 23.1 Å². The molecule has 0 aliphatic rings. The minimum Gasteiger partial charge on any atom is -0.318 e. The normalized spacial score (nSPS) is 11.2. The minimum absolute atomic E-state index is 0.0518. The Balaban J connectivity index is 1.63. The number of benzene rings is 2. The number of aromatic nitrogens is 2. The molecule has 1 aromatic heterocycles. The molecule has 0 amide bonds. The summed E-state index contributed by atoms with van der Waals surface area (Å²) in [7, 11) is 0. The number of aromatic amines is 1. The highest BCUT2D eigenvalue weighted by Crippen LogP contribution is 2.20. The second kappa shape index (κ2) is 9.71. The molecule has 5 nitrogen and oxygen atoms in total. The summed E-state index contributed by atoms with van der Waals surface area (Å²) in [6.45, 7) is 6.08. The van der Waals surface area contributed by atoms with Crippen LogP contribution in [0.15, 0.2) is 78.3 Å². The van der Waals surface area contributed by atoms with E-state index in [2.05, 4.69) is 39.2 Å². The van der Waals surface area contributed by atoms with Crippen LogP contribution in [0.4, 0.5) is 5.82 Å². The molecule has 0 bridgehead atoms. The number of aryl methyl sites for hydroxylation is 1. The number of nitrogens with one attached hydrogen (secondary N) is 2. The zero-order valence-electron chi connectivity index (χ0n) is 15.7. The lowest BCUT2D eigenvalue weighted by atomic mass is 10.0. The van der Waals surface area contributed by atoms with Crippen LogP contribution in [0.25, 0.3) is 11.1 Å². The second-order valence-electron chi connectivity index (χ2n) is 6.15. The third-order valence-corrected chi connectivity index (χ3v) is 4.87. The van der Waals surface area contributed by atoms with Crippen LogP contribution >= 0.6 is 11.8 Å². The quantitative estimate of drug-likeness (QED) is 0.259. The van der Waals surface area contributed by atoms with Gasteiger partial charge in [-0.05, 0) is 18.1 Å². The molecule has 0 unspecified atom stereocenters. The molecule has 3 rings (SSSR count). The van der Waals surface area contributed by atoms with Gasteiger partial charge in [0, 0.05) is 17.3 Å². The predicted molar refractivity (Wildman–Crippen MR) is 118 cm³/mol. The Morgan fingerprint density at radius 2 is 1.89 bits per heavy atom. The predicted octanol–water partition coefficient (Wildman–Crippen LogP) is 4.96. The van der Waals surface area contributed by atoms with Crippen LogP contribution in [-0.2, 0) is 0 Å². The summed E-state index contributed by atoms with van der Waals surface area (Å²) >= 11 is 1.36. The Morgan fingerprint density at radius 1 is 1.18 bits per heavy atom. The first kappa shape index (κ1) is 19.6. The number of carbonyl (C=O) groups is 1. The fourth-order valence-electron chi connectivity index (χ4n) is 2.56. The summed E-state index contributed by atoms with van der Waals surface area (Å²) in [6, 6.07) is 19.7. The van der Waals surface area contributed by atoms with Gasteiger partial charge >= 0.3 is 0 Å². The Hall–Kier alpha value is -3.12. The maximum absolute atomic E-state index is 12.6. The highest BCUT2D eigenvalue weighted by atomic mass is 32.2. The lowest BCUT2D eigenvalue weighted by Gasteiger charge is -2.07. The van der Waals surface area contributed by atoms with E-state index in [1.807, 2.05) is 55.5 Å². The molecule has 0 aliphatic carbocycles. The van der Waals surface area contributed by atoms with Gasteiger partial charge in [-0.25, -0.2) is 0 Å². The van der Waals surface area contributed by atoms with Crippen LogP contribution in [0.1, 0.15) is 16.1 Å². The van der Waals surface area contributed by atoms with Gasteiger partial charge in [-0.1, -0.05) is 72.4 Å². The smallest absolute Gasteiger partial charge is 0.173 e. The van der Waals surface area contributed by atoms with E-state index in [4.69, 9.17) is 0 Å². The summed E-state index contributed by atoms with van der Waals surface area (Å²) < 4.78 is 0. The van der Waals surface area contributed by atoms with Crippen molar-refractivity contribution >= 4 is 28.5 Å². The van der Waals surface area contributed by atoms with Crippen molar-refractivity contribution in [2.45, 2.75) is 6.92 Å². The third-order valence-electron chi connectivity index (χ3n) is 3.96. The summed E-state index contributed by atoms with van der Waals surface area (Å²) in [5.41, 5.74) is 3.86. The van der Waals surface area contributed by atoms with Gasteiger partial charge in [-0.2, -0.15) is 5.10 Å². The van der Waals surface area contributed by atoms with Crippen LogP contribution in [0.5, 0.6) is 0 Å². The number of rotatable bonds is 7. The maximum atomic E-state index is 12.6. The first-order chi connectivity index (χ1) is 13.7. The lowest BCUT2D eigenvalue weighted by molar-refractivity contribution is 0.102. The van der Waals surface area contributed by atoms with Crippen molar-refractivity contribution in [2.24, 2.45) is 4.99 Å². The van der Waals surface area contributed by atoms with Crippen molar-refractivity contribution < 1.29 is 4.79 Å². The number of hydrogen-bond donors (Lipinski definition) is 2. The van der Waals surface area contributed by atoms with Gasteiger partial charge in [0.2, 0.25) is 0 Å². The van der Waals surface area contributed by atoms with Crippen LogP contribution in [0.3, 0.4) is 0 Å². The topological polar surface area (TPSA) is 70.1 Å². The van der Waals surface area contributed by atoms with Crippen molar-refractivity contribution in [3.63, 3.8) is 0 Å². The molecular weight excluding hydrogens is 368 g/mol. The van der Waals surface area contributed by atoms with Gasteiger partial charge in [0.25, 0.3) is 0 Å². The van der Waals surface area contributed by atoms with Gasteiger partial charge < -0.3 is 5.32 Å². The number of aliphatic imine (C=N–C) groups is 1. The average molecular weight is 391 g/mol. The van der Waals surface area contributed by atoms with E-state index in [-0.39, 0.29) is 11.5 Å². The number of nitrogens with zero attached hydrogens (tertiary/aromatic N) is 2. The molecule has 142 valence electrons. The zero-order valence-corrected chi connectivity index (χ0v) is 16.5. The van der Waals surface area contributed by atoms with Crippen molar-refractivity contribution in [1.82, 2.24) is 10.2 Å². The molecule has 2 aromatic carbocycles. The maximum Gasteiger partial charge on any atom is 0.173 e. The van der Waals surface area contributed by atoms with Crippen LogP contribution in [-0.4, -0.2) is 33.4 Å². The fraction of sp³-hybridized carbons (Fsp3) is 0.136. The van der Waals surface area contributed by atoms with E-state index in [1.165, 1.54) is 11.8 Å². The Bertz CT molecular complexity index is 962. The van der Waals surface area contributed by atoms with Gasteiger partial charge in [0.05, 0.1) is 12.3 Å². The number of thioether (sulfide) groups is 1. The Kier molecular flexibility index (Phi) is 6.81. The first-order valence-electron chi connectivity index (χ1n) is 8.91. The Labute approximate surface area is 169 Å². The number of hydrogen-bond acceptors (Lipinski definition) is 4. The number of ketones is 1. The zero-order chi connectivity index (χ0) is 19.8. The van der Waals surface area contributed by atoms with Crippen LogP contribution in [0, 0.1) is 6.92 Å². The molecule has 3 aromatic rings. The van der Waals surface area contributed by atoms with Crippen molar-refractivity contribution in [3.05, 3.63) is 84.6 Å². The fourth-order valence-corrected chi connectivity index (χ4v) is 3.33. The third kappa shape index (κ3) is 5.44. The van der Waals surface area contributed by atoms with Crippen molar-refractivity contribution in [1.29, 1.82) is 0 Å². The van der Waals surface area contributed by atoms with E-state index in [0.717, 1.165) is 16.8 Å². The summed E-state index contributed by atoms with van der Waals surface area (Å²) in [4.78, 5) is 17.0. The summed E-state index contributed by atoms with van der Waals surface area (Å²) in [5, 5.41) is 10.8. The number of amidine groups is 1. The molecule has 28 heavy (non-hydrogen) atoms. The number of H-pyrrole nitrogens is 1. The molecule has 0 radical (unpaired) electrons. The van der Waals surface area contributed by atoms with E-state index in [9.17, 15) is 4.79 Å². The van der Waals surface area contributed by atoms with Crippen molar-refractivity contribution in [3.8, 4) is 11.1 Å². The highest BCUT2D eigenvalue weighted by Gasteiger charge is 2.10. The number of anilines is 1. The molecule has 0 saturated carbocycles. The molecule has 0 spiro atoms. The second-order valence-corrected chi connectivity index (χ2v) is 7.11. The largest absolute Gasteiger partial charge is 0.318 e. The van der Waals surface area contributed by atoms with Crippen molar-refractivity contribution in [2.75, 3.05) is 17.6 Å². The van der Waals surface area contributed by atoms with Gasteiger partial charge in [0.1, 0.15) is 0 Å². The minimum atomic E-state index is 0.0518. The molecule has 2 N–H and O–H groups in total. The number of Topliss-reactive ketones (excluding diaryl/α,β-unsaturated/α-hetero) is 1. The van der Waals surface area contributed by atoms with Gasteiger partial charge in [-0.3, -0.25) is 14.9 Å². The molecule has 0 fully saturated rings. The molecule has 6 heteroatoms. The average Bonchev–Trinajstić information content (AvgIpc) is 3.15. The molecule has 0 saturated heterocycles. The van der Waals surface area contributed by atoms with Gasteiger partial charge in [0.15, 0.2) is 16.8 Å². The SMILES string of the molecule is C=CCN=C(Nc1cc(C)[nH]n1)SCC(=O)c1ccc(-c2ccccc2)cc1. The van der Waals surface area contributed by atoms with Crippen LogP contribution < -0.4 is 5.32 Å². The summed E-state index contributed by atoms with van der Waals surface area (Å²) in [5.74, 6) is 1.01. The highest BCUT2D eigenvalue weighted by molar-refractivity contribution is 8.14. The Morgan fingerprint density at radius 3 is 2.54 bits per heavy atom. The van der Waals surface area contributed by atoms with Gasteiger partial charge in [-0.15, -0.1) is 6.58 Å². The first-order valence-corrected chi connectivity index (χ1v) is 9.90. The monoisotopic (exact) mass is 390 g/mol. The molecular formula is C22H22N4OS. The number of carbonyl (C=O) groups excluding carboxylic acids is 1.